The lowest BCUT2D eigenvalue weighted by Crippen LogP contribution is -2.30. The molecule has 0 saturated heterocycles. The monoisotopic (exact) mass is 937 g/mol. The van der Waals surface area contributed by atoms with E-state index in [2.05, 4.69) is 106 Å². The van der Waals surface area contributed by atoms with Crippen molar-refractivity contribution < 1.29 is 28.6 Å². The van der Waals surface area contributed by atoms with Crippen LogP contribution in [-0.4, -0.2) is 37.2 Å². The molecule has 0 aromatic carbocycles. The number of hydrogen-bond donors (Lipinski definition) is 0. The quantitative estimate of drug-likeness (QED) is 0.0199. The van der Waals surface area contributed by atoms with Crippen LogP contribution in [0.5, 0.6) is 0 Å². The summed E-state index contributed by atoms with van der Waals surface area (Å²) in [7, 11) is 0. The van der Waals surface area contributed by atoms with Gasteiger partial charge in [0.05, 0.1) is 0 Å². The number of carbonyl (C=O) groups is 3. The third kappa shape index (κ3) is 52.3. The van der Waals surface area contributed by atoms with E-state index in [-0.39, 0.29) is 31.1 Å². The van der Waals surface area contributed by atoms with Gasteiger partial charge in [-0.3, -0.25) is 14.4 Å². The zero-order valence-electron chi connectivity index (χ0n) is 43.3. The van der Waals surface area contributed by atoms with Crippen LogP contribution in [0.4, 0.5) is 0 Å². The van der Waals surface area contributed by atoms with Gasteiger partial charge in [-0.25, -0.2) is 0 Å². The van der Waals surface area contributed by atoms with Gasteiger partial charge in [0.15, 0.2) is 6.10 Å². The second kappa shape index (κ2) is 54.9. The van der Waals surface area contributed by atoms with E-state index in [1.807, 2.05) is 60.8 Å². The zero-order chi connectivity index (χ0) is 49.3. The Labute approximate surface area is 417 Å². The van der Waals surface area contributed by atoms with Gasteiger partial charge in [0, 0.05) is 19.3 Å². The highest BCUT2D eigenvalue weighted by Crippen LogP contribution is 2.13. The van der Waals surface area contributed by atoms with E-state index in [0.29, 0.717) is 19.3 Å². The number of rotatable bonds is 46. The van der Waals surface area contributed by atoms with Crippen molar-refractivity contribution >= 4 is 17.9 Å². The Hall–Kier alpha value is -4.71. The summed E-state index contributed by atoms with van der Waals surface area (Å²) in [6.07, 6.45) is 78.2. The molecule has 6 heteroatoms. The van der Waals surface area contributed by atoms with E-state index in [1.165, 1.54) is 51.4 Å². The van der Waals surface area contributed by atoms with Gasteiger partial charge in [-0.1, -0.05) is 224 Å². The molecule has 0 aromatic rings. The van der Waals surface area contributed by atoms with Gasteiger partial charge in [0.2, 0.25) is 0 Å². The maximum absolute atomic E-state index is 12.8. The third-order valence-electron chi connectivity index (χ3n) is 10.7. The van der Waals surface area contributed by atoms with E-state index in [4.69, 9.17) is 14.2 Å². The molecule has 0 fully saturated rings. The fourth-order valence-electron chi connectivity index (χ4n) is 6.73. The van der Waals surface area contributed by atoms with E-state index in [9.17, 15) is 14.4 Å². The van der Waals surface area contributed by atoms with E-state index in [0.717, 1.165) is 116 Å². The normalized spacial score (nSPS) is 13.3. The SMILES string of the molecule is CC\C=C/C=C\C=C/C=C\C=C\C=C/CCCCCC(=O)OCC(COC(=O)CCCCC/C=C\C/C=C\C/C=C\C/C=C\CC)OC(=O)CCCCCCCCC/C=C\C/C=C\CCCCC. The summed E-state index contributed by atoms with van der Waals surface area (Å²) in [4.78, 5) is 38.1. The first-order valence-corrected chi connectivity index (χ1v) is 26.9. The molecule has 0 spiro atoms. The van der Waals surface area contributed by atoms with E-state index >= 15 is 0 Å². The third-order valence-corrected chi connectivity index (χ3v) is 10.7. The molecule has 0 N–H and O–H groups in total. The highest BCUT2D eigenvalue weighted by atomic mass is 16.6. The molecule has 0 bridgehead atoms. The molecule has 0 aliphatic carbocycles. The van der Waals surface area contributed by atoms with Crippen molar-refractivity contribution in [3.8, 4) is 0 Å². The lowest BCUT2D eigenvalue weighted by molar-refractivity contribution is -0.167. The first-order valence-electron chi connectivity index (χ1n) is 26.9. The molecule has 380 valence electrons. The second-order valence-corrected chi connectivity index (χ2v) is 17.2. The van der Waals surface area contributed by atoms with Gasteiger partial charge in [0.1, 0.15) is 13.2 Å². The average molecular weight is 937 g/mol. The lowest BCUT2D eigenvalue weighted by Gasteiger charge is -2.18. The van der Waals surface area contributed by atoms with Crippen LogP contribution in [0.15, 0.2) is 146 Å². The highest BCUT2D eigenvalue weighted by Gasteiger charge is 2.19. The van der Waals surface area contributed by atoms with Gasteiger partial charge >= 0.3 is 17.9 Å². The number of allylic oxidation sites excluding steroid dienone is 24. The van der Waals surface area contributed by atoms with Crippen molar-refractivity contribution in [2.24, 2.45) is 0 Å². The first-order chi connectivity index (χ1) is 33.5. The molecule has 6 nitrogen and oxygen atoms in total. The van der Waals surface area contributed by atoms with Crippen LogP contribution in [-0.2, 0) is 28.6 Å². The average Bonchev–Trinajstić information content (AvgIpc) is 3.34. The van der Waals surface area contributed by atoms with Crippen molar-refractivity contribution in [2.45, 2.75) is 213 Å². The Kier molecular flexibility index (Phi) is 51.1. The van der Waals surface area contributed by atoms with Crippen molar-refractivity contribution in [1.82, 2.24) is 0 Å². The van der Waals surface area contributed by atoms with Gasteiger partial charge < -0.3 is 14.2 Å². The van der Waals surface area contributed by atoms with E-state index < -0.39 is 6.10 Å². The Morgan fingerprint density at radius 2 is 0.647 bits per heavy atom. The summed E-state index contributed by atoms with van der Waals surface area (Å²) < 4.78 is 16.8. The number of hydrogen-bond acceptors (Lipinski definition) is 6. The van der Waals surface area contributed by atoms with Crippen LogP contribution in [0, 0.1) is 0 Å². The molecule has 68 heavy (non-hydrogen) atoms. The van der Waals surface area contributed by atoms with Gasteiger partial charge in [-0.2, -0.15) is 0 Å². The van der Waals surface area contributed by atoms with Gasteiger partial charge in [-0.05, 0) is 109 Å². The maximum atomic E-state index is 12.8. The van der Waals surface area contributed by atoms with Crippen LogP contribution in [0.2, 0.25) is 0 Å². The molecule has 0 heterocycles. The number of esters is 3. The summed E-state index contributed by atoms with van der Waals surface area (Å²) >= 11 is 0. The summed E-state index contributed by atoms with van der Waals surface area (Å²) in [5, 5.41) is 0. The highest BCUT2D eigenvalue weighted by molar-refractivity contribution is 5.71. The predicted molar refractivity (Wildman–Crippen MR) is 292 cm³/mol. The van der Waals surface area contributed by atoms with Crippen LogP contribution in [0.25, 0.3) is 0 Å². The minimum atomic E-state index is -0.821. The topological polar surface area (TPSA) is 78.9 Å². The van der Waals surface area contributed by atoms with Gasteiger partial charge in [0.25, 0.3) is 0 Å². The molecule has 1 unspecified atom stereocenters. The zero-order valence-corrected chi connectivity index (χ0v) is 43.3. The molecule has 0 radical (unpaired) electrons. The van der Waals surface area contributed by atoms with Gasteiger partial charge in [-0.15, -0.1) is 0 Å². The second-order valence-electron chi connectivity index (χ2n) is 17.2. The molecule has 1 atom stereocenters. The fraction of sp³-hybridized carbons (Fsp3) is 0.565. The first kappa shape index (κ1) is 63.3. The van der Waals surface area contributed by atoms with Crippen molar-refractivity contribution in [3.05, 3.63) is 146 Å². The van der Waals surface area contributed by atoms with Crippen LogP contribution in [0.3, 0.4) is 0 Å². The molecule has 0 rings (SSSR count). The molecule has 0 amide bonds. The molecular formula is C62H96O6. The minimum absolute atomic E-state index is 0.119. The predicted octanol–water partition coefficient (Wildman–Crippen LogP) is 18.0. The number of ether oxygens (including phenoxy) is 3. The van der Waals surface area contributed by atoms with Crippen LogP contribution >= 0.6 is 0 Å². The summed E-state index contributed by atoms with van der Waals surface area (Å²) in [6, 6.07) is 0. The fourth-order valence-corrected chi connectivity index (χ4v) is 6.73. The molecular weight excluding hydrogens is 841 g/mol. The number of unbranched alkanes of at least 4 members (excludes halogenated alkanes) is 16. The summed E-state index contributed by atoms with van der Waals surface area (Å²) in [5.74, 6) is -1.01. The molecule has 0 aliphatic rings. The minimum Gasteiger partial charge on any atom is -0.462 e. The maximum Gasteiger partial charge on any atom is 0.306 e. The Bertz CT molecular complexity index is 1540. The van der Waals surface area contributed by atoms with Crippen LogP contribution in [0.1, 0.15) is 207 Å². The number of carbonyl (C=O) groups excluding carboxylic acids is 3. The lowest BCUT2D eigenvalue weighted by atomic mass is 10.1. The Balaban J connectivity index is 4.58. The van der Waals surface area contributed by atoms with Crippen molar-refractivity contribution in [3.63, 3.8) is 0 Å². The standard InChI is InChI=1S/C62H96O6/c1-4-7-10-13-16-19-22-25-28-31-34-37-40-43-46-49-52-55-61(64)67-58-59(57-66-60(63)54-51-48-45-42-39-36-33-30-27-24-21-18-15-12-9-6-3)68-62(65)56-53-50-47-44-41-38-35-32-29-26-23-20-17-14-11-8-5-2/h7,9-10,12-13,16-22,25-31,34,36-37,39-40,59H,4-6,8,11,14-15,23-24,32-33,35,38,41-58H2,1-3H3/b10-7-,12-9-,16-13-,20-17-,21-18-,22-19-,28-25-,29-26-,30-27-,34-31+,39-36-,40-37-. The summed E-state index contributed by atoms with van der Waals surface area (Å²) in [6.45, 7) is 6.26. The molecule has 0 saturated carbocycles. The Morgan fingerprint density at radius 3 is 1.09 bits per heavy atom. The van der Waals surface area contributed by atoms with Crippen LogP contribution < -0.4 is 0 Å². The largest absolute Gasteiger partial charge is 0.462 e. The van der Waals surface area contributed by atoms with Crippen molar-refractivity contribution in [2.75, 3.05) is 13.2 Å². The van der Waals surface area contributed by atoms with E-state index in [1.54, 1.807) is 0 Å². The summed E-state index contributed by atoms with van der Waals surface area (Å²) in [5.41, 5.74) is 0. The molecule has 0 aromatic heterocycles. The smallest absolute Gasteiger partial charge is 0.306 e. The Morgan fingerprint density at radius 1 is 0.324 bits per heavy atom. The molecule has 0 aliphatic heterocycles. The van der Waals surface area contributed by atoms with Crippen molar-refractivity contribution in [1.29, 1.82) is 0 Å².